The Hall–Kier alpha value is -1.85. The maximum absolute atomic E-state index is 12.0. The Morgan fingerprint density at radius 2 is 2.04 bits per heavy atom. The molecule has 1 heterocycles. The molecule has 0 spiro atoms. The van der Waals surface area contributed by atoms with E-state index in [9.17, 15) is 4.79 Å². The molecule has 1 aliphatic carbocycles. The third kappa shape index (κ3) is 4.56. The van der Waals surface area contributed by atoms with Gasteiger partial charge < -0.3 is 14.6 Å². The zero-order chi connectivity index (χ0) is 17.2. The van der Waals surface area contributed by atoms with Crippen LogP contribution in [0.4, 0.5) is 4.79 Å². The zero-order valence-electron chi connectivity index (χ0n) is 14.8. The number of amides is 1. The number of carbonyl (C=O) groups is 1. The fourth-order valence-electron chi connectivity index (χ4n) is 3.10. The minimum Gasteiger partial charge on any atom is -0.444 e. The van der Waals surface area contributed by atoms with E-state index in [1.807, 2.05) is 39.3 Å². The monoisotopic (exact) mass is 320 g/mol. The van der Waals surface area contributed by atoms with Crippen LogP contribution in [0, 0.1) is 0 Å². The number of allylic oxidation sites excluding steroid dienone is 1. The Morgan fingerprint density at radius 3 is 2.61 bits per heavy atom. The molecule has 2 atom stereocenters. The van der Waals surface area contributed by atoms with Crippen LogP contribution in [0.15, 0.2) is 6.58 Å². The molecular formula is C17H28N4O2. The van der Waals surface area contributed by atoms with E-state index < -0.39 is 5.60 Å². The van der Waals surface area contributed by atoms with E-state index in [1.54, 1.807) is 0 Å². The van der Waals surface area contributed by atoms with Crippen LogP contribution in [0.25, 0.3) is 5.57 Å². The highest BCUT2D eigenvalue weighted by Gasteiger charge is 2.29. The Kier molecular flexibility index (Phi) is 5.12. The second kappa shape index (κ2) is 6.72. The van der Waals surface area contributed by atoms with E-state index in [-0.39, 0.29) is 12.1 Å². The SMILES string of the molecule is C=C(C)c1nnc([C@H]2CCC[C@@H](NC(=O)OC(C)(C)C)C2)n1C. The van der Waals surface area contributed by atoms with E-state index >= 15 is 0 Å². The third-order valence-corrected chi connectivity index (χ3v) is 4.05. The molecule has 6 nitrogen and oxygen atoms in total. The van der Waals surface area contributed by atoms with Crippen molar-refractivity contribution in [3.8, 4) is 0 Å². The van der Waals surface area contributed by atoms with Crippen LogP contribution < -0.4 is 5.32 Å². The fraction of sp³-hybridized carbons (Fsp3) is 0.706. The summed E-state index contributed by atoms with van der Waals surface area (Å²) in [6.45, 7) is 11.5. The average Bonchev–Trinajstić information content (AvgIpc) is 2.78. The van der Waals surface area contributed by atoms with Crippen molar-refractivity contribution < 1.29 is 9.53 Å². The van der Waals surface area contributed by atoms with Crippen molar-refractivity contribution in [2.75, 3.05) is 0 Å². The summed E-state index contributed by atoms with van der Waals surface area (Å²) >= 11 is 0. The zero-order valence-corrected chi connectivity index (χ0v) is 14.8. The van der Waals surface area contributed by atoms with Gasteiger partial charge in [-0.3, -0.25) is 0 Å². The topological polar surface area (TPSA) is 69.0 Å². The lowest BCUT2D eigenvalue weighted by molar-refractivity contribution is 0.0490. The number of carbonyl (C=O) groups excluding carboxylic acids is 1. The number of alkyl carbamates (subject to hydrolysis) is 1. The Labute approximate surface area is 138 Å². The summed E-state index contributed by atoms with van der Waals surface area (Å²) < 4.78 is 7.36. The fourth-order valence-corrected chi connectivity index (χ4v) is 3.10. The summed E-state index contributed by atoms with van der Waals surface area (Å²) in [6, 6.07) is 0.119. The highest BCUT2D eigenvalue weighted by Crippen LogP contribution is 2.32. The van der Waals surface area contributed by atoms with Gasteiger partial charge in [0.05, 0.1) is 0 Å². The van der Waals surface area contributed by atoms with E-state index in [4.69, 9.17) is 4.74 Å². The van der Waals surface area contributed by atoms with Gasteiger partial charge in [-0.25, -0.2) is 4.79 Å². The van der Waals surface area contributed by atoms with Gasteiger partial charge in [-0.15, -0.1) is 10.2 Å². The summed E-state index contributed by atoms with van der Waals surface area (Å²) in [5.74, 6) is 2.09. The third-order valence-electron chi connectivity index (χ3n) is 4.05. The van der Waals surface area contributed by atoms with E-state index in [1.165, 1.54) is 0 Å². The summed E-state index contributed by atoms with van der Waals surface area (Å²) in [5, 5.41) is 11.6. The molecule has 1 aromatic rings. The quantitative estimate of drug-likeness (QED) is 0.926. The minimum atomic E-state index is -0.474. The normalized spacial score (nSPS) is 21.8. The van der Waals surface area contributed by atoms with Crippen molar-refractivity contribution in [3.63, 3.8) is 0 Å². The summed E-state index contributed by atoms with van der Waals surface area (Å²) in [6.07, 6.45) is 3.61. The summed E-state index contributed by atoms with van der Waals surface area (Å²) in [4.78, 5) is 12.0. The number of ether oxygens (including phenoxy) is 1. The highest BCUT2D eigenvalue weighted by molar-refractivity contribution is 5.68. The molecule has 2 rings (SSSR count). The van der Waals surface area contributed by atoms with Crippen LogP contribution in [0.3, 0.4) is 0 Å². The molecule has 23 heavy (non-hydrogen) atoms. The van der Waals surface area contributed by atoms with Crippen molar-refractivity contribution in [2.45, 2.75) is 70.9 Å². The molecule has 1 saturated carbocycles. The van der Waals surface area contributed by atoms with E-state index in [2.05, 4.69) is 22.1 Å². The van der Waals surface area contributed by atoms with Gasteiger partial charge in [0.2, 0.25) is 0 Å². The van der Waals surface area contributed by atoms with Gasteiger partial charge in [0.25, 0.3) is 0 Å². The number of aromatic nitrogens is 3. The Morgan fingerprint density at radius 1 is 1.35 bits per heavy atom. The van der Waals surface area contributed by atoms with Crippen LogP contribution >= 0.6 is 0 Å². The molecule has 0 radical (unpaired) electrons. The second-order valence-electron chi connectivity index (χ2n) is 7.43. The highest BCUT2D eigenvalue weighted by atomic mass is 16.6. The first-order valence-electron chi connectivity index (χ1n) is 8.22. The smallest absolute Gasteiger partial charge is 0.407 e. The Balaban J connectivity index is 2.01. The van der Waals surface area contributed by atoms with E-state index in [0.717, 1.165) is 42.9 Å². The molecule has 1 amide bonds. The van der Waals surface area contributed by atoms with E-state index in [0.29, 0.717) is 5.92 Å². The lowest BCUT2D eigenvalue weighted by Gasteiger charge is -2.30. The second-order valence-corrected chi connectivity index (χ2v) is 7.43. The van der Waals surface area contributed by atoms with Gasteiger partial charge in [-0.1, -0.05) is 13.0 Å². The lowest BCUT2D eigenvalue weighted by Crippen LogP contribution is -2.41. The predicted octanol–water partition coefficient (Wildman–Crippen LogP) is 3.40. The van der Waals surface area contributed by atoms with Crippen molar-refractivity contribution >= 4 is 11.7 Å². The molecule has 0 aromatic carbocycles. The van der Waals surface area contributed by atoms with Gasteiger partial charge in [-0.2, -0.15) is 0 Å². The van der Waals surface area contributed by atoms with Crippen molar-refractivity contribution in [1.29, 1.82) is 0 Å². The van der Waals surface area contributed by atoms with Gasteiger partial charge in [0.1, 0.15) is 11.4 Å². The molecule has 1 N–H and O–H groups in total. The number of rotatable bonds is 3. The van der Waals surface area contributed by atoms with Crippen LogP contribution in [0.1, 0.15) is 70.9 Å². The van der Waals surface area contributed by atoms with Crippen LogP contribution in [-0.2, 0) is 11.8 Å². The molecule has 1 aliphatic rings. The largest absolute Gasteiger partial charge is 0.444 e. The van der Waals surface area contributed by atoms with Gasteiger partial charge in [0, 0.05) is 19.0 Å². The Bertz CT molecular complexity index is 586. The lowest BCUT2D eigenvalue weighted by atomic mass is 9.85. The molecule has 1 fully saturated rings. The maximum atomic E-state index is 12.0. The predicted molar refractivity (Wildman–Crippen MR) is 90.1 cm³/mol. The van der Waals surface area contributed by atoms with Crippen molar-refractivity contribution in [1.82, 2.24) is 20.1 Å². The first-order chi connectivity index (χ1) is 10.7. The minimum absolute atomic E-state index is 0.119. The molecule has 0 unspecified atom stereocenters. The molecule has 1 aromatic heterocycles. The number of hydrogen-bond donors (Lipinski definition) is 1. The number of hydrogen-bond acceptors (Lipinski definition) is 4. The van der Waals surface area contributed by atoms with Crippen LogP contribution in [-0.4, -0.2) is 32.5 Å². The maximum Gasteiger partial charge on any atom is 0.407 e. The summed E-state index contributed by atoms with van der Waals surface area (Å²) in [5.41, 5.74) is 0.434. The van der Waals surface area contributed by atoms with Gasteiger partial charge in [-0.05, 0) is 52.5 Å². The molecule has 6 heteroatoms. The summed E-state index contributed by atoms with van der Waals surface area (Å²) in [7, 11) is 1.98. The molecular weight excluding hydrogens is 292 g/mol. The molecule has 128 valence electrons. The molecule has 0 saturated heterocycles. The van der Waals surface area contributed by atoms with Gasteiger partial charge >= 0.3 is 6.09 Å². The first kappa shape index (κ1) is 17.5. The van der Waals surface area contributed by atoms with Crippen LogP contribution in [0.5, 0.6) is 0 Å². The average molecular weight is 320 g/mol. The van der Waals surface area contributed by atoms with Gasteiger partial charge in [0.15, 0.2) is 5.82 Å². The van der Waals surface area contributed by atoms with Crippen LogP contribution in [0.2, 0.25) is 0 Å². The number of nitrogens with one attached hydrogen (secondary N) is 1. The van der Waals surface area contributed by atoms with Crippen molar-refractivity contribution in [2.24, 2.45) is 7.05 Å². The number of nitrogens with zero attached hydrogens (tertiary/aromatic N) is 3. The first-order valence-corrected chi connectivity index (χ1v) is 8.22. The molecule has 0 bridgehead atoms. The molecule has 0 aliphatic heterocycles. The van der Waals surface area contributed by atoms with Crippen molar-refractivity contribution in [3.05, 3.63) is 18.2 Å². The standard InChI is InChI=1S/C17H28N4O2/c1-11(2)14-19-20-15(21(14)6)12-8-7-9-13(10-12)18-16(22)23-17(3,4)5/h12-13H,1,7-10H2,2-6H3,(H,18,22)/t12-,13+/m0/s1.